The Morgan fingerprint density at radius 1 is 1.00 bits per heavy atom. The van der Waals surface area contributed by atoms with Crippen molar-refractivity contribution in [1.82, 2.24) is 0 Å². The SMILES string of the molecule is Fc1cccc(/C=C/c2ccccc2OCCCCBr)c1. The summed E-state index contributed by atoms with van der Waals surface area (Å²) in [5.74, 6) is 0.635. The van der Waals surface area contributed by atoms with Crippen LogP contribution in [0.4, 0.5) is 4.39 Å². The van der Waals surface area contributed by atoms with Gasteiger partial charge in [-0.25, -0.2) is 4.39 Å². The molecule has 2 aromatic carbocycles. The topological polar surface area (TPSA) is 9.23 Å². The van der Waals surface area contributed by atoms with Gasteiger partial charge >= 0.3 is 0 Å². The first-order valence-electron chi connectivity index (χ1n) is 7.01. The summed E-state index contributed by atoms with van der Waals surface area (Å²) in [5, 5.41) is 0.998. The molecular weight excluding hydrogens is 331 g/mol. The van der Waals surface area contributed by atoms with Crippen LogP contribution in [0.5, 0.6) is 5.75 Å². The maximum atomic E-state index is 13.1. The first-order valence-corrected chi connectivity index (χ1v) is 8.13. The molecule has 0 atom stereocenters. The van der Waals surface area contributed by atoms with Crippen LogP contribution in [0.3, 0.4) is 0 Å². The molecule has 3 heteroatoms. The van der Waals surface area contributed by atoms with Crippen LogP contribution in [0.2, 0.25) is 0 Å². The van der Waals surface area contributed by atoms with Crippen LogP contribution in [-0.4, -0.2) is 11.9 Å². The molecule has 2 rings (SSSR count). The summed E-state index contributed by atoms with van der Waals surface area (Å²) in [4.78, 5) is 0. The lowest BCUT2D eigenvalue weighted by Gasteiger charge is -2.08. The molecule has 0 aliphatic heterocycles. The molecule has 0 spiro atoms. The monoisotopic (exact) mass is 348 g/mol. The van der Waals surface area contributed by atoms with E-state index in [-0.39, 0.29) is 5.82 Å². The van der Waals surface area contributed by atoms with E-state index in [0.717, 1.165) is 35.0 Å². The van der Waals surface area contributed by atoms with Gasteiger partial charge in [0.2, 0.25) is 0 Å². The molecule has 0 N–H and O–H groups in total. The average molecular weight is 349 g/mol. The van der Waals surface area contributed by atoms with E-state index in [1.807, 2.05) is 42.5 Å². The van der Waals surface area contributed by atoms with Crippen LogP contribution >= 0.6 is 15.9 Å². The second-order valence-electron chi connectivity index (χ2n) is 4.67. The van der Waals surface area contributed by atoms with Gasteiger partial charge in [-0.05, 0) is 36.6 Å². The predicted octanol–water partition coefficient (Wildman–Crippen LogP) is 5.55. The minimum absolute atomic E-state index is 0.226. The Labute approximate surface area is 133 Å². The van der Waals surface area contributed by atoms with Gasteiger partial charge in [-0.3, -0.25) is 0 Å². The van der Waals surface area contributed by atoms with Gasteiger partial charge in [0.1, 0.15) is 11.6 Å². The third-order valence-electron chi connectivity index (χ3n) is 3.01. The highest BCUT2D eigenvalue weighted by Gasteiger charge is 2.00. The molecule has 0 heterocycles. The summed E-state index contributed by atoms with van der Waals surface area (Å²) in [5.41, 5.74) is 1.84. The number of rotatable bonds is 7. The molecule has 0 unspecified atom stereocenters. The number of alkyl halides is 1. The van der Waals surface area contributed by atoms with Crippen molar-refractivity contribution in [3.63, 3.8) is 0 Å². The summed E-state index contributed by atoms with van der Waals surface area (Å²) in [6, 6.07) is 14.4. The van der Waals surface area contributed by atoms with Crippen molar-refractivity contribution in [2.75, 3.05) is 11.9 Å². The molecule has 21 heavy (non-hydrogen) atoms. The van der Waals surface area contributed by atoms with E-state index < -0.39 is 0 Å². The smallest absolute Gasteiger partial charge is 0.126 e. The number of unbranched alkanes of at least 4 members (excludes halogenated alkanes) is 1. The highest BCUT2D eigenvalue weighted by molar-refractivity contribution is 9.09. The van der Waals surface area contributed by atoms with Gasteiger partial charge in [-0.1, -0.05) is 58.4 Å². The van der Waals surface area contributed by atoms with Crippen molar-refractivity contribution in [3.8, 4) is 5.75 Å². The molecule has 0 aliphatic rings. The minimum atomic E-state index is -0.226. The molecular formula is C18H18BrFO. The molecule has 0 aromatic heterocycles. The summed E-state index contributed by atoms with van der Waals surface area (Å²) in [7, 11) is 0. The maximum absolute atomic E-state index is 13.1. The zero-order chi connectivity index (χ0) is 14.9. The Hall–Kier alpha value is -1.61. The van der Waals surface area contributed by atoms with Crippen molar-refractivity contribution in [2.45, 2.75) is 12.8 Å². The van der Waals surface area contributed by atoms with Gasteiger partial charge in [0.15, 0.2) is 0 Å². The molecule has 0 amide bonds. The van der Waals surface area contributed by atoms with E-state index in [9.17, 15) is 4.39 Å². The van der Waals surface area contributed by atoms with Crippen molar-refractivity contribution >= 4 is 28.1 Å². The molecule has 110 valence electrons. The third-order valence-corrected chi connectivity index (χ3v) is 3.57. The molecule has 0 bridgehead atoms. The van der Waals surface area contributed by atoms with E-state index in [1.54, 1.807) is 6.07 Å². The zero-order valence-electron chi connectivity index (χ0n) is 11.8. The number of benzene rings is 2. The lowest BCUT2D eigenvalue weighted by Crippen LogP contribution is -1.98. The van der Waals surface area contributed by atoms with E-state index >= 15 is 0 Å². The normalized spacial score (nSPS) is 11.0. The number of para-hydroxylation sites is 1. The van der Waals surface area contributed by atoms with E-state index in [2.05, 4.69) is 15.9 Å². The van der Waals surface area contributed by atoms with E-state index in [4.69, 9.17) is 4.74 Å². The average Bonchev–Trinajstić information content (AvgIpc) is 2.50. The number of halogens is 2. The van der Waals surface area contributed by atoms with Crippen LogP contribution < -0.4 is 4.74 Å². The minimum Gasteiger partial charge on any atom is -0.493 e. The summed E-state index contributed by atoms with van der Waals surface area (Å²) in [6.07, 6.45) is 5.97. The quantitative estimate of drug-likeness (QED) is 0.362. The van der Waals surface area contributed by atoms with E-state index in [1.165, 1.54) is 12.1 Å². The maximum Gasteiger partial charge on any atom is 0.126 e. The Morgan fingerprint density at radius 2 is 1.86 bits per heavy atom. The van der Waals surface area contributed by atoms with Crippen LogP contribution in [0.25, 0.3) is 12.2 Å². The first-order chi connectivity index (χ1) is 10.3. The molecule has 2 aromatic rings. The van der Waals surface area contributed by atoms with Crippen molar-refractivity contribution in [3.05, 3.63) is 65.5 Å². The number of hydrogen-bond donors (Lipinski definition) is 0. The Morgan fingerprint density at radius 3 is 2.67 bits per heavy atom. The van der Waals surface area contributed by atoms with Gasteiger partial charge < -0.3 is 4.74 Å². The summed E-state index contributed by atoms with van der Waals surface area (Å²) in [6.45, 7) is 0.705. The zero-order valence-corrected chi connectivity index (χ0v) is 13.4. The fourth-order valence-corrected chi connectivity index (χ4v) is 2.32. The lowest BCUT2D eigenvalue weighted by molar-refractivity contribution is 0.309. The summed E-state index contributed by atoms with van der Waals surface area (Å²) < 4.78 is 19.0. The first kappa shape index (κ1) is 15.8. The predicted molar refractivity (Wildman–Crippen MR) is 90.3 cm³/mol. The number of hydrogen-bond acceptors (Lipinski definition) is 1. The van der Waals surface area contributed by atoms with Crippen LogP contribution in [0, 0.1) is 5.82 Å². The largest absolute Gasteiger partial charge is 0.493 e. The molecule has 0 saturated carbocycles. The number of ether oxygens (including phenoxy) is 1. The van der Waals surface area contributed by atoms with Crippen LogP contribution in [-0.2, 0) is 0 Å². The molecule has 0 fully saturated rings. The van der Waals surface area contributed by atoms with Crippen molar-refractivity contribution in [1.29, 1.82) is 0 Å². The fraction of sp³-hybridized carbons (Fsp3) is 0.222. The van der Waals surface area contributed by atoms with Crippen LogP contribution in [0.15, 0.2) is 48.5 Å². The Balaban J connectivity index is 2.05. The van der Waals surface area contributed by atoms with Gasteiger partial charge in [0.25, 0.3) is 0 Å². The second-order valence-corrected chi connectivity index (χ2v) is 5.46. The molecule has 0 aliphatic carbocycles. The van der Waals surface area contributed by atoms with Gasteiger partial charge in [-0.15, -0.1) is 0 Å². The Bertz CT molecular complexity index is 595. The van der Waals surface area contributed by atoms with Crippen molar-refractivity contribution in [2.24, 2.45) is 0 Å². The lowest BCUT2D eigenvalue weighted by atomic mass is 10.1. The second kappa shape index (κ2) is 8.63. The summed E-state index contributed by atoms with van der Waals surface area (Å²) >= 11 is 3.41. The van der Waals surface area contributed by atoms with Gasteiger partial charge in [0, 0.05) is 10.9 Å². The van der Waals surface area contributed by atoms with Crippen molar-refractivity contribution < 1.29 is 9.13 Å². The van der Waals surface area contributed by atoms with E-state index in [0.29, 0.717) is 6.61 Å². The highest BCUT2D eigenvalue weighted by Crippen LogP contribution is 2.21. The highest BCUT2D eigenvalue weighted by atomic mass is 79.9. The standard InChI is InChI=1S/C18H18BrFO/c19-12-3-4-13-21-18-9-2-1-7-16(18)11-10-15-6-5-8-17(20)14-15/h1-2,5-11,14H,3-4,12-13H2/b11-10+. The van der Waals surface area contributed by atoms with Gasteiger partial charge in [-0.2, -0.15) is 0 Å². The van der Waals surface area contributed by atoms with Crippen LogP contribution in [0.1, 0.15) is 24.0 Å². The Kier molecular flexibility index (Phi) is 6.48. The third kappa shape index (κ3) is 5.35. The molecule has 0 radical (unpaired) electrons. The van der Waals surface area contributed by atoms with Gasteiger partial charge in [0.05, 0.1) is 6.61 Å². The fourth-order valence-electron chi connectivity index (χ4n) is 1.92. The molecule has 1 nitrogen and oxygen atoms in total. The molecule has 0 saturated heterocycles.